The lowest BCUT2D eigenvalue weighted by molar-refractivity contribution is -0.115. The minimum absolute atomic E-state index is 0.0470. The molecular weight excluding hydrogens is 358 g/mol. The molecule has 0 aromatic heterocycles. The molecule has 22 heavy (non-hydrogen) atoms. The third kappa shape index (κ3) is 4.62. The van der Waals surface area contributed by atoms with Gasteiger partial charge in [-0.1, -0.05) is 46.3 Å². The van der Waals surface area contributed by atoms with E-state index in [9.17, 15) is 4.79 Å². The average Bonchev–Trinajstić information content (AvgIpc) is 2.49. The SMILES string of the molecule is Cc1ccc(C)c(NC(=O)[C@H](C)SCc2ccccc2Br)c1. The van der Waals surface area contributed by atoms with Crippen molar-refractivity contribution in [2.24, 2.45) is 0 Å². The molecule has 0 fully saturated rings. The first-order valence-corrected chi connectivity index (χ1v) is 9.04. The van der Waals surface area contributed by atoms with Crippen LogP contribution >= 0.6 is 27.7 Å². The van der Waals surface area contributed by atoms with E-state index in [4.69, 9.17) is 0 Å². The van der Waals surface area contributed by atoms with E-state index in [1.807, 2.05) is 51.1 Å². The number of halogens is 1. The number of hydrogen-bond donors (Lipinski definition) is 1. The van der Waals surface area contributed by atoms with Crippen LogP contribution in [-0.2, 0) is 10.5 Å². The molecule has 0 bridgehead atoms. The van der Waals surface area contributed by atoms with Crippen molar-refractivity contribution in [2.75, 3.05) is 5.32 Å². The molecule has 0 radical (unpaired) electrons. The molecule has 0 spiro atoms. The van der Waals surface area contributed by atoms with E-state index in [1.165, 1.54) is 5.56 Å². The van der Waals surface area contributed by atoms with Gasteiger partial charge in [0.25, 0.3) is 0 Å². The van der Waals surface area contributed by atoms with Crippen molar-refractivity contribution < 1.29 is 4.79 Å². The van der Waals surface area contributed by atoms with Crippen molar-refractivity contribution in [3.05, 3.63) is 63.6 Å². The molecule has 1 N–H and O–H groups in total. The van der Waals surface area contributed by atoms with Crippen LogP contribution in [0.1, 0.15) is 23.6 Å². The Bertz CT molecular complexity index is 672. The molecule has 0 aliphatic rings. The smallest absolute Gasteiger partial charge is 0.237 e. The summed E-state index contributed by atoms with van der Waals surface area (Å²) in [7, 11) is 0. The summed E-state index contributed by atoms with van der Waals surface area (Å²) < 4.78 is 1.09. The van der Waals surface area contributed by atoms with Crippen LogP contribution in [0, 0.1) is 13.8 Å². The number of thioether (sulfide) groups is 1. The van der Waals surface area contributed by atoms with Crippen LogP contribution in [0.2, 0.25) is 0 Å². The highest BCUT2D eigenvalue weighted by atomic mass is 79.9. The first-order valence-electron chi connectivity index (χ1n) is 7.20. The van der Waals surface area contributed by atoms with E-state index in [2.05, 4.69) is 33.4 Å². The summed E-state index contributed by atoms with van der Waals surface area (Å²) in [4.78, 5) is 12.3. The third-order valence-corrected chi connectivity index (χ3v) is 5.43. The van der Waals surface area contributed by atoms with Crippen molar-refractivity contribution in [2.45, 2.75) is 31.8 Å². The molecule has 0 unspecified atom stereocenters. The summed E-state index contributed by atoms with van der Waals surface area (Å²) >= 11 is 5.18. The first kappa shape index (κ1) is 17.1. The number of anilines is 1. The van der Waals surface area contributed by atoms with Crippen molar-refractivity contribution in [1.29, 1.82) is 0 Å². The summed E-state index contributed by atoms with van der Waals surface area (Å²) in [5.74, 6) is 0.855. The van der Waals surface area contributed by atoms with Crippen LogP contribution in [0.4, 0.5) is 5.69 Å². The van der Waals surface area contributed by atoms with E-state index < -0.39 is 0 Å². The highest BCUT2D eigenvalue weighted by Crippen LogP contribution is 2.25. The number of benzene rings is 2. The van der Waals surface area contributed by atoms with Gasteiger partial charge < -0.3 is 5.32 Å². The third-order valence-electron chi connectivity index (χ3n) is 3.47. The van der Waals surface area contributed by atoms with Gasteiger partial charge in [-0.2, -0.15) is 0 Å². The minimum atomic E-state index is -0.105. The second-order valence-electron chi connectivity index (χ2n) is 5.35. The Labute approximate surface area is 144 Å². The zero-order chi connectivity index (χ0) is 16.1. The Morgan fingerprint density at radius 2 is 1.95 bits per heavy atom. The number of aryl methyl sites for hydroxylation is 2. The highest BCUT2D eigenvalue weighted by molar-refractivity contribution is 9.10. The lowest BCUT2D eigenvalue weighted by Crippen LogP contribution is -2.23. The fourth-order valence-corrected chi connectivity index (χ4v) is 3.51. The number of carbonyl (C=O) groups excluding carboxylic acids is 1. The number of amides is 1. The molecule has 4 heteroatoms. The van der Waals surface area contributed by atoms with Crippen molar-refractivity contribution in [3.8, 4) is 0 Å². The summed E-state index contributed by atoms with van der Waals surface area (Å²) in [6.45, 7) is 5.98. The van der Waals surface area contributed by atoms with Crippen molar-refractivity contribution >= 4 is 39.3 Å². The Hall–Kier alpha value is -1.26. The van der Waals surface area contributed by atoms with Gasteiger partial charge in [-0.05, 0) is 49.6 Å². The molecule has 0 saturated heterocycles. The number of nitrogens with one attached hydrogen (secondary N) is 1. The summed E-state index contributed by atoms with van der Waals surface area (Å²) in [5.41, 5.74) is 4.34. The fourth-order valence-electron chi connectivity index (χ4n) is 2.01. The number of hydrogen-bond acceptors (Lipinski definition) is 2. The highest BCUT2D eigenvalue weighted by Gasteiger charge is 2.15. The van der Waals surface area contributed by atoms with Gasteiger partial charge in [0, 0.05) is 15.9 Å². The standard InChI is InChI=1S/C18H20BrNOS/c1-12-8-9-13(2)17(10-12)20-18(21)14(3)22-11-15-6-4-5-7-16(15)19/h4-10,14H,11H2,1-3H3,(H,20,21)/t14-/m0/s1. The first-order chi connectivity index (χ1) is 10.5. The summed E-state index contributed by atoms with van der Waals surface area (Å²) in [5, 5.41) is 2.93. The maximum absolute atomic E-state index is 12.3. The molecule has 1 amide bonds. The molecule has 0 aliphatic heterocycles. The Morgan fingerprint density at radius 1 is 1.23 bits per heavy atom. The van der Waals surface area contributed by atoms with Gasteiger partial charge in [0.05, 0.1) is 5.25 Å². The van der Waals surface area contributed by atoms with Crippen LogP contribution in [0.5, 0.6) is 0 Å². The summed E-state index contributed by atoms with van der Waals surface area (Å²) in [6.07, 6.45) is 0. The monoisotopic (exact) mass is 377 g/mol. The Balaban J connectivity index is 1.95. The minimum Gasteiger partial charge on any atom is -0.325 e. The molecule has 1 atom stereocenters. The van der Waals surface area contributed by atoms with Gasteiger partial charge in [-0.3, -0.25) is 4.79 Å². The van der Waals surface area contributed by atoms with Crippen LogP contribution < -0.4 is 5.32 Å². The fraction of sp³-hybridized carbons (Fsp3) is 0.278. The number of rotatable bonds is 5. The second kappa shape index (κ2) is 7.84. The van der Waals surface area contributed by atoms with E-state index in [-0.39, 0.29) is 11.2 Å². The largest absolute Gasteiger partial charge is 0.325 e. The molecule has 0 aliphatic carbocycles. The molecule has 2 nitrogen and oxygen atoms in total. The Morgan fingerprint density at radius 3 is 2.68 bits per heavy atom. The van der Waals surface area contributed by atoms with E-state index >= 15 is 0 Å². The lowest BCUT2D eigenvalue weighted by Gasteiger charge is -2.14. The van der Waals surface area contributed by atoms with Gasteiger partial charge in [0.2, 0.25) is 5.91 Å². The van der Waals surface area contributed by atoms with Gasteiger partial charge >= 0.3 is 0 Å². The molecular formula is C18H20BrNOS. The molecule has 0 heterocycles. The summed E-state index contributed by atoms with van der Waals surface area (Å²) in [6, 6.07) is 14.2. The Kier molecular flexibility index (Phi) is 6.09. The lowest BCUT2D eigenvalue weighted by atomic mass is 10.1. The predicted octanol–water partition coefficient (Wildman–Crippen LogP) is 5.33. The normalized spacial score (nSPS) is 12.0. The van der Waals surface area contributed by atoms with E-state index in [0.29, 0.717) is 0 Å². The molecule has 2 rings (SSSR count). The molecule has 0 saturated carbocycles. The quantitative estimate of drug-likeness (QED) is 0.762. The van der Waals surface area contributed by atoms with Crippen LogP contribution in [-0.4, -0.2) is 11.2 Å². The van der Waals surface area contributed by atoms with Gasteiger partial charge in [-0.25, -0.2) is 0 Å². The van der Waals surface area contributed by atoms with Crippen LogP contribution in [0.3, 0.4) is 0 Å². The zero-order valence-corrected chi connectivity index (χ0v) is 15.4. The van der Waals surface area contributed by atoms with Crippen molar-refractivity contribution in [1.82, 2.24) is 0 Å². The molecule has 2 aromatic rings. The zero-order valence-electron chi connectivity index (χ0n) is 13.0. The van der Waals surface area contributed by atoms with Crippen LogP contribution in [0.15, 0.2) is 46.9 Å². The average molecular weight is 378 g/mol. The van der Waals surface area contributed by atoms with Crippen molar-refractivity contribution in [3.63, 3.8) is 0 Å². The molecule has 116 valence electrons. The maximum atomic E-state index is 12.3. The number of carbonyl (C=O) groups is 1. The van der Waals surface area contributed by atoms with Crippen LogP contribution in [0.25, 0.3) is 0 Å². The molecule has 2 aromatic carbocycles. The maximum Gasteiger partial charge on any atom is 0.237 e. The van der Waals surface area contributed by atoms with Gasteiger partial charge in [-0.15, -0.1) is 11.8 Å². The topological polar surface area (TPSA) is 29.1 Å². The van der Waals surface area contributed by atoms with Gasteiger partial charge in [0.15, 0.2) is 0 Å². The second-order valence-corrected chi connectivity index (χ2v) is 7.54. The van der Waals surface area contributed by atoms with E-state index in [1.54, 1.807) is 11.8 Å². The van der Waals surface area contributed by atoms with Gasteiger partial charge in [0.1, 0.15) is 0 Å². The predicted molar refractivity (Wildman–Crippen MR) is 99.4 cm³/mol. The van der Waals surface area contributed by atoms with E-state index in [0.717, 1.165) is 27.0 Å².